The molecule has 0 saturated heterocycles. The first-order valence-corrected chi connectivity index (χ1v) is 4.26. The van der Waals surface area contributed by atoms with E-state index in [2.05, 4.69) is 30.2 Å². The molecule has 4 atom stereocenters. The normalized spacial score (nSPS) is 19.6. The van der Waals surface area contributed by atoms with Crippen molar-refractivity contribution >= 4 is 0 Å². The molecule has 0 rings (SSSR count). The average molecular weight is 221 g/mol. The SMILES string of the molecule is [CH2]C(O)OC([CH2])OC([CH2])OC(O)COC. The van der Waals surface area contributed by atoms with E-state index in [-0.39, 0.29) is 6.61 Å². The van der Waals surface area contributed by atoms with E-state index in [4.69, 9.17) is 19.7 Å². The number of aliphatic hydroxyl groups is 2. The number of ether oxygens (including phenoxy) is 4. The molecule has 0 bridgehead atoms. The van der Waals surface area contributed by atoms with Gasteiger partial charge in [-0.25, -0.2) is 0 Å². The van der Waals surface area contributed by atoms with Crippen LogP contribution in [0.2, 0.25) is 0 Å². The van der Waals surface area contributed by atoms with Gasteiger partial charge in [-0.2, -0.15) is 0 Å². The molecule has 0 aromatic heterocycles. The Morgan fingerprint density at radius 2 is 1.53 bits per heavy atom. The molecule has 0 spiro atoms. The average Bonchev–Trinajstić information content (AvgIpc) is 2.00. The maximum atomic E-state index is 9.12. The number of hydrogen-bond acceptors (Lipinski definition) is 6. The molecule has 89 valence electrons. The number of aliphatic hydroxyl groups excluding tert-OH is 2. The highest BCUT2D eigenvalue weighted by molar-refractivity contribution is 4.55. The molecule has 0 amide bonds. The predicted octanol–water partition coefficient (Wildman–Crippen LogP) is -0.526. The lowest BCUT2D eigenvalue weighted by molar-refractivity contribution is -0.283. The third-order valence-electron chi connectivity index (χ3n) is 1.23. The molecule has 0 saturated carbocycles. The first-order valence-electron chi connectivity index (χ1n) is 4.26. The van der Waals surface area contributed by atoms with Gasteiger partial charge in [-0.15, -0.1) is 0 Å². The lowest BCUT2D eigenvalue weighted by atomic mass is 10.6. The summed E-state index contributed by atoms with van der Waals surface area (Å²) in [6, 6.07) is 0. The Hall–Kier alpha value is -0.240. The van der Waals surface area contributed by atoms with Gasteiger partial charge >= 0.3 is 0 Å². The van der Waals surface area contributed by atoms with Crippen LogP contribution in [0.15, 0.2) is 0 Å². The molecule has 6 nitrogen and oxygen atoms in total. The van der Waals surface area contributed by atoms with Crippen molar-refractivity contribution in [3.8, 4) is 0 Å². The fraction of sp³-hybridized carbons (Fsp3) is 0.667. The minimum absolute atomic E-state index is 0.00396. The summed E-state index contributed by atoms with van der Waals surface area (Å²) in [5.74, 6) is 0. The monoisotopic (exact) mass is 221 g/mol. The second-order valence-electron chi connectivity index (χ2n) is 2.63. The molecule has 0 heterocycles. The second-order valence-corrected chi connectivity index (χ2v) is 2.63. The first-order chi connectivity index (χ1) is 6.95. The Labute approximate surface area is 89.7 Å². The lowest BCUT2D eigenvalue weighted by Crippen LogP contribution is -2.30. The Bertz CT molecular complexity index is 152. The zero-order chi connectivity index (χ0) is 11.8. The number of methoxy groups -OCH3 is 1. The minimum Gasteiger partial charge on any atom is -0.379 e. The molecule has 0 aliphatic carbocycles. The summed E-state index contributed by atoms with van der Waals surface area (Å²) in [7, 11) is 1.41. The zero-order valence-electron chi connectivity index (χ0n) is 8.67. The molecular formula is C9H17O6. The Balaban J connectivity index is 3.67. The van der Waals surface area contributed by atoms with Crippen molar-refractivity contribution in [1.29, 1.82) is 0 Å². The van der Waals surface area contributed by atoms with Crippen molar-refractivity contribution in [2.45, 2.75) is 25.2 Å². The van der Waals surface area contributed by atoms with Crippen LogP contribution in [0, 0.1) is 20.8 Å². The summed E-state index contributed by atoms with van der Waals surface area (Å²) in [5, 5.41) is 17.8. The Morgan fingerprint density at radius 1 is 1.00 bits per heavy atom. The standard InChI is InChI=1S/C9H17O6/c1-6(10)13-7(2)14-8(3)15-9(11)5-12-4/h6-11H,1-3,5H2,4H3. The fourth-order valence-electron chi connectivity index (χ4n) is 0.766. The molecule has 3 radical (unpaired) electrons. The van der Waals surface area contributed by atoms with Crippen molar-refractivity contribution in [3.05, 3.63) is 20.8 Å². The van der Waals surface area contributed by atoms with Crippen LogP contribution < -0.4 is 0 Å². The van der Waals surface area contributed by atoms with E-state index in [0.717, 1.165) is 0 Å². The summed E-state index contributed by atoms with van der Waals surface area (Å²) in [6.45, 7) is 9.97. The second kappa shape index (κ2) is 7.98. The van der Waals surface area contributed by atoms with Crippen LogP contribution >= 0.6 is 0 Å². The predicted molar refractivity (Wildman–Crippen MR) is 50.8 cm³/mol. The highest BCUT2D eigenvalue weighted by Crippen LogP contribution is 2.04. The fourth-order valence-corrected chi connectivity index (χ4v) is 0.766. The largest absolute Gasteiger partial charge is 0.379 e. The summed E-state index contributed by atoms with van der Waals surface area (Å²) in [6.07, 6.45) is -4.37. The van der Waals surface area contributed by atoms with E-state index in [0.29, 0.717) is 0 Å². The highest BCUT2D eigenvalue weighted by Gasteiger charge is 2.15. The molecule has 0 fully saturated rings. The van der Waals surface area contributed by atoms with Crippen LogP contribution in [0.3, 0.4) is 0 Å². The van der Waals surface area contributed by atoms with E-state index in [9.17, 15) is 0 Å². The van der Waals surface area contributed by atoms with Crippen molar-refractivity contribution in [2.75, 3.05) is 13.7 Å². The van der Waals surface area contributed by atoms with Gasteiger partial charge in [-0.05, 0) is 0 Å². The number of rotatable bonds is 8. The topological polar surface area (TPSA) is 77.4 Å². The van der Waals surface area contributed by atoms with Crippen molar-refractivity contribution in [2.24, 2.45) is 0 Å². The molecule has 0 aliphatic heterocycles. The maximum Gasteiger partial charge on any atom is 0.181 e. The van der Waals surface area contributed by atoms with E-state index >= 15 is 0 Å². The van der Waals surface area contributed by atoms with Gasteiger partial charge < -0.3 is 29.2 Å². The van der Waals surface area contributed by atoms with Crippen LogP contribution in [-0.2, 0) is 18.9 Å². The van der Waals surface area contributed by atoms with E-state index in [1.807, 2.05) is 0 Å². The van der Waals surface area contributed by atoms with Crippen LogP contribution in [0.25, 0.3) is 0 Å². The summed E-state index contributed by atoms with van der Waals surface area (Å²) in [4.78, 5) is 0. The molecule has 6 heteroatoms. The van der Waals surface area contributed by atoms with Crippen molar-refractivity contribution < 1.29 is 29.2 Å². The van der Waals surface area contributed by atoms with Gasteiger partial charge in [0.2, 0.25) is 0 Å². The van der Waals surface area contributed by atoms with Crippen LogP contribution in [-0.4, -0.2) is 49.1 Å². The minimum atomic E-state index is -1.25. The van der Waals surface area contributed by atoms with Crippen LogP contribution in [0.4, 0.5) is 0 Å². The van der Waals surface area contributed by atoms with E-state index in [1.54, 1.807) is 0 Å². The maximum absolute atomic E-state index is 9.12. The molecule has 0 aromatic carbocycles. The molecule has 0 aliphatic rings. The van der Waals surface area contributed by atoms with Gasteiger partial charge in [0.05, 0.1) is 6.61 Å². The molecule has 15 heavy (non-hydrogen) atoms. The van der Waals surface area contributed by atoms with Gasteiger partial charge in [0.15, 0.2) is 25.2 Å². The Morgan fingerprint density at radius 3 is 2.00 bits per heavy atom. The van der Waals surface area contributed by atoms with E-state index in [1.165, 1.54) is 7.11 Å². The van der Waals surface area contributed by atoms with Gasteiger partial charge in [0, 0.05) is 27.9 Å². The molecular weight excluding hydrogens is 204 g/mol. The third-order valence-corrected chi connectivity index (χ3v) is 1.23. The Kier molecular flexibility index (Phi) is 7.85. The quantitative estimate of drug-likeness (QED) is 0.537. The van der Waals surface area contributed by atoms with Crippen molar-refractivity contribution in [1.82, 2.24) is 0 Å². The van der Waals surface area contributed by atoms with Gasteiger partial charge in [-0.1, -0.05) is 0 Å². The van der Waals surface area contributed by atoms with Gasteiger partial charge in [0.25, 0.3) is 0 Å². The lowest BCUT2D eigenvalue weighted by Gasteiger charge is -2.22. The molecule has 0 aromatic rings. The first kappa shape index (κ1) is 14.8. The third kappa shape index (κ3) is 8.73. The molecule has 4 unspecified atom stereocenters. The molecule has 2 N–H and O–H groups in total. The van der Waals surface area contributed by atoms with E-state index < -0.39 is 25.2 Å². The summed E-state index contributed by atoms with van der Waals surface area (Å²) in [5.41, 5.74) is 0. The van der Waals surface area contributed by atoms with Crippen LogP contribution in [0.5, 0.6) is 0 Å². The smallest absolute Gasteiger partial charge is 0.181 e. The van der Waals surface area contributed by atoms with Gasteiger partial charge in [-0.3, -0.25) is 0 Å². The van der Waals surface area contributed by atoms with Crippen LogP contribution in [0.1, 0.15) is 0 Å². The number of hydrogen-bond donors (Lipinski definition) is 2. The summed E-state index contributed by atoms with van der Waals surface area (Å²) >= 11 is 0. The van der Waals surface area contributed by atoms with Gasteiger partial charge in [0.1, 0.15) is 0 Å². The van der Waals surface area contributed by atoms with Crippen molar-refractivity contribution in [3.63, 3.8) is 0 Å². The summed E-state index contributed by atoms with van der Waals surface area (Å²) < 4.78 is 19.0. The highest BCUT2D eigenvalue weighted by atomic mass is 16.8. The zero-order valence-corrected chi connectivity index (χ0v) is 8.67.